The molecule has 0 saturated heterocycles. The van der Waals surface area contributed by atoms with Gasteiger partial charge in [-0.05, 0) is 17.0 Å². The average molecular weight is 321 g/mol. The largest absolute Gasteiger partial charge is 0.479 e. The average Bonchev–Trinajstić information content (AvgIpc) is 2.98. The third kappa shape index (κ3) is 4.91. The third-order valence-corrected chi connectivity index (χ3v) is 4.78. The van der Waals surface area contributed by atoms with Gasteiger partial charge in [0.05, 0.1) is 5.75 Å². The number of amides is 1. The van der Waals surface area contributed by atoms with E-state index in [0.29, 0.717) is 5.56 Å². The van der Waals surface area contributed by atoms with Crippen LogP contribution in [0.25, 0.3) is 0 Å². The number of hydrogen-bond donors (Lipinski definition) is 2. The first-order valence-corrected chi connectivity index (χ1v) is 8.37. The summed E-state index contributed by atoms with van der Waals surface area (Å²) in [5.74, 6) is -0.325. The number of carboxylic acids is 1. The molecule has 0 radical (unpaired) electrons. The fourth-order valence-corrected chi connectivity index (χ4v) is 3.45. The van der Waals surface area contributed by atoms with Gasteiger partial charge in [-0.3, -0.25) is 4.79 Å². The molecule has 0 aliphatic rings. The maximum absolute atomic E-state index is 11.9. The summed E-state index contributed by atoms with van der Waals surface area (Å²) in [5.41, 5.74) is 0.571. The van der Waals surface area contributed by atoms with Gasteiger partial charge in [-0.15, -0.1) is 23.1 Å². The van der Waals surface area contributed by atoms with Gasteiger partial charge in [-0.1, -0.05) is 36.4 Å². The Morgan fingerprint density at radius 1 is 1.19 bits per heavy atom. The molecule has 0 saturated carbocycles. The lowest BCUT2D eigenvalue weighted by Crippen LogP contribution is -2.34. The molecule has 0 bridgehead atoms. The van der Waals surface area contributed by atoms with E-state index >= 15 is 0 Å². The molecule has 4 nitrogen and oxygen atoms in total. The van der Waals surface area contributed by atoms with Crippen molar-refractivity contribution in [3.05, 3.63) is 58.3 Å². The Kier molecular flexibility index (Phi) is 5.83. The van der Waals surface area contributed by atoms with Crippen molar-refractivity contribution < 1.29 is 14.7 Å². The Morgan fingerprint density at radius 3 is 2.57 bits per heavy atom. The molecule has 0 aliphatic heterocycles. The van der Waals surface area contributed by atoms with E-state index in [1.54, 1.807) is 41.7 Å². The molecule has 0 fully saturated rings. The number of benzene rings is 1. The summed E-state index contributed by atoms with van der Waals surface area (Å²) < 4.78 is 0. The SMILES string of the molecule is O=C(CSCc1cccs1)NC(C(=O)O)c1ccccc1. The number of thiophene rings is 1. The number of aliphatic carboxylic acids is 1. The zero-order valence-electron chi connectivity index (χ0n) is 11.2. The lowest BCUT2D eigenvalue weighted by atomic mass is 10.1. The predicted molar refractivity (Wildman–Crippen MR) is 85.4 cm³/mol. The summed E-state index contributed by atoms with van der Waals surface area (Å²) in [6, 6.07) is 11.7. The first-order valence-electron chi connectivity index (χ1n) is 6.34. The number of carbonyl (C=O) groups is 2. The van der Waals surface area contributed by atoms with Crippen LogP contribution in [0.15, 0.2) is 47.8 Å². The Hall–Kier alpha value is -1.79. The number of thioether (sulfide) groups is 1. The monoisotopic (exact) mass is 321 g/mol. The van der Waals surface area contributed by atoms with Crippen LogP contribution >= 0.6 is 23.1 Å². The number of hydrogen-bond acceptors (Lipinski definition) is 4. The zero-order valence-corrected chi connectivity index (χ0v) is 12.8. The highest BCUT2D eigenvalue weighted by atomic mass is 32.2. The van der Waals surface area contributed by atoms with Gasteiger partial charge in [0.25, 0.3) is 0 Å². The van der Waals surface area contributed by atoms with Crippen molar-refractivity contribution in [2.24, 2.45) is 0 Å². The van der Waals surface area contributed by atoms with Crippen LogP contribution in [0, 0.1) is 0 Å². The highest BCUT2D eigenvalue weighted by molar-refractivity contribution is 7.99. The summed E-state index contributed by atoms with van der Waals surface area (Å²) in [4.78, 5) is 24.3. The second-order valence-electron chi connectivity index (χ2n) is 4.32. The molecular formula is C15H15NO3S2. The molecule has 1 aromatic heterocycles. The highest BCUT2D eigenvalue weighted by Crippen LogP contribution is 2.17. The molecule has 2 aromatic rings. The molecule has 21 heavy (non-hydrogen) atoms. The Bertz CT molecular complexity index is 584. The van der Waals surface area contributed by atoms with Gasteiger partial charge in [0, 0.05) is 10.6 Å². The molecule has 6 heteroatoms. The summed E-state index contributed by atoms with van der Waals surface area (Å²) in [6.45, 7) is 0. The van der Waals surface area contributed by atoms with Gasteiger partial charge < -0.3 is 10.4 Å². The molecule has 0 aliphatic carbocycles. The van der Waals surface area contributed by atoms with Crippen LogP contribution in [0.3, 0.4) is 0 Å². The lowest BCUT2D eigenvalue weighted by molar-refractivity contribution is -0.141. The third-order valence-electron chi connectivity index (χ3n) is 2.74. The molecule has 1 amide bonds. The minimum absolute atomic E-state index is 0.245. The van der Waals surface area contributed by atoms with Crippen molar-refractivity contribution in [2.75, 3.05) is 5.75 Å². The predicted octanol–water partition coefficient (Wildman–Crippen LogP) is 2.92. The standard InChI is InChI=1S/C15H15NO3S2/c17-13(10-20-9-12-7-4-8-21-12)16-14(15(18)19)11-5-2-1-3-6-11/h1-8,14H,9-10H2,(H,16,17)(H,18,19). The summed E-state index contributed by atoms with van der Waals surface area (Å²) in [7, 11) is 0. The maximum Gasteiger partial charge on any atom is 0.330 e. The minimum atomic E-state index is -1.06. The van der Waals surface area contributed by atoms with Gasteiger partial charge in [0.1, 0.15) is 0 Å². The van der Waals surface area contributed by atoms with Crippen molar-refractivity contribution >= 4 is 35.0 Å². The first-order chi connectivity index (χ1) is 10.2. The van der Waals surface area contributed by atoms with Gasteiger partial charge in [0.15, 0.2) is 6.04 Å². The van der Waals surface area contributed by atoms with Crippen LogP contribution in [-0.2, 0) is 15.3 Å². The van der Waals surface area contributed by atoms with Crippen LogP contribution in [0.5, 0.6) is 0 Å². The van der Waals surface area contributed by atoms with Crippen LogP contribution < -0.4 is 5.32 Å². The summed E-state index contributed by atoms with van der Waals surface area (Å²) in [6.07, 6.45) is 0. The molecule has 1 heterocycles. The van der Waals surface area contributed by atoms with Gasteiger partial charge in [-0.2, -0.15) is 0 Å². The van der Waals surface area contributed by atoms with Gasteiger partial charge in [0.2, 0.25) is 5.91 Å². The van der Waals surface area contributed by atoms with E-state index in [-0.39, 0.29) is 11.7 Å². The Morgan fingerprint density at radius 2 is 1.95 bits per heavy atom. The van der Waals surface area contributed by atoms with Gasteiger partial charge in [-0.25, -0.2) is 4.79 Å². The van der Waals surface area contributed by atoms with Crippen molar-refractivity contribution in [3.8, 4) is 0 Å². The van der Waals surface area contributed by atoms with E-state index < -0.39 is 12.0 Å². The highest BCUT2D eigenvalue weighted by Gasteiger charge is 2.21. The Labute approximate surface area is 131 Å². The normalized spacial score (nSPS) is 11.8. The molecular weight excluding hydrogens is 306 g/mol. The molecule has 0 spiro atoms. The van der Waals surface area contributed by atoms with Crippen molar-refractivity contribution in [2.45, 2.75) is 11.8 Å². The van der Waals surface area contributed by atoms with E-state index in [2.05, 4.69) is 5.32 Å². The topological polar surface area (TPSA) is 66.4 Å². The van der Waals surface area contributed by atoms with E-state index in [9.17, 15) is 14.7 Å². The summed E-state index contributed by atoms with van der Waals surface area (Å²) >= 11 is 3.12. The molecule has 1 unspecified atom stereocenters. The smallest absolute Gasteiger partial charge is 0.330 e. The van der Waals surface area contributed by atoms with Crippen LogP contribution in [0.4, 0.5) is 0 Å². The fraction of sp³-hybridized carbons (Fsp3) is 0.200. The quantitative estimate of drug-likeness (QED) is 0.823. The van der Waals surface area contributed by atoms with E-state index in [4.69, 9.17) is 0 Å². The van der Waals surface area contributed by atoms with Crippen LogP contribution in [0.1, 0.15) is 16.5 Å². The number of nitrogens with one attached hydrogen (secondary N) is 1. The molecule has 2 N–H and O–H groups in total. The van der Waals surface area contributed by atoms with Gasteiger partial charge >= 0.3 is 5.97 Å². The fourth-order valence-electron chi connectivity index (χ4n) is 1.77. The first kappa shape index (κ1) is 15.6. The van der Waals surface area contributed by atoms with E-state index in [1.807, 2.05) is 17.5 Å². The van der Waals surface area contributed by atoms with Crippen molar-refractivity contribution in [3.63, 3.8) is 0 Å². The second-order valence-corrected chi connectivity index (χ2v) is 6.34. The molecule has 1 aromatic carbocycles. The Balaban J connectivity index is 1.85. The maximum atomic E-state index is 11.9. The number of carboxylic acid groups (broad SMARTS) is 1. The minimum Gasteiger partial charge on any atom is -0.479 e. The molecule has 110 valence electrons. The summed E-state index contributed by atoms with van der Waals surface area (Å²) in [5, 5.41) is 13.8. The van der Waals surface area contributed by atoms with E-state index in [0.717, 1.165) is 5.75 Å². The number of rotatable bonds is 7. The second kappa shape index (κ2) is 7.85. The molecule has 2 rings (SSSR count). The number of carbonyl (C=O) groups excluding carboxylic acids is 1. The van der Waals surface area contributed by atoms with Crippen LogP contribution in [0.2, 0.25) is 0 Å². The lowest BCUT2D eigenvalue weighted by Gasteiger charge is -2.14. The molecule has 1 atom stereocenters. The van der Waals surface area contributed by atoms with Crippen molar-refractivity contribution in [1.29, 1.82) is 0 Å². The van der Waals surface area contributed by atoms with Crippen molar-refractivity contribution in [1.82, 2.24) is 5.32 Å². The van der Waals surface area contributed by atoms with E-state index in [1.165, 1.54) is 16.6 Å². The van der Waals surface area contributed by atoms with Crippen LogP contribution in [-0.4, -0.2) is 22.7 Å². The zero-order chi connectivity index (χ0) is 15.1.